The van der Waals surface area contributed by atoms with Gasteiger partial charge in [0.1, 0.15) is 6.29 Å². The van der Waals surface area contributed by atoms with Crippen molar-refractivity contribution in [1.82, 2.24) is 0 Å². The third-order valence-corrected chi connectivity index (χ3v) is 10.6. The third kappa shape index (κ3) is 15.8. The Morgan fingerprint density at radius 1 is 0.566 bits per heavy atom. The minimum atomic E-state index is -0.958. The van der Waals surface area contributed by atoms with Crippen LogP contribution in [-0.4, -0.2) is 19.5 Å². The Bertz CT molecular complexity index is 1480. The van der Waals surface area contributed by atoms with E-state index in [-0.39, 0.29) is 28.5 Å². The Morgan fingerprint density at radius 3 is 1.38 bits per heavy atom. The van der Waals surface area contributed by atoms with E-state index in [9.17, 15) is 22.4 Å². The molecule has 2 aromatic rings. The molecule has 292 valence electrons. The number of aldehydes is 1. The molecule has 2 saturated carbocycles. The van der Waals surface area contributed by atoms with Crippen LogP contribution in [0.1, 0.15) is 160 Å². The molecule has 4 rings (SSSR count). The van der Waals surface area contributed by atoms with Gasteiger partial charge in [0, 0.05) is 18.3 Å². The highest BCUT2D eigenvalue weighted by Gasteiger charge is 2.21. The summed E-state index contributed by atoms with van der Waals surface area (Å²) < 4.78 is 66.1. The number of carbonyl (C=O) groups is 1. The fourth-order valence-corrected chi connectivity index (χ4v) is 7.39. The zero-order chi connectivity index (χ0) is 38.3. The van der Waals surface area contributed by atoms with Gasteiger partial charge in [-0.1, -0.05) is 94.8 Å². The average Bonchev–Trinajstić information content (AvgIpc) is 3.17. The molecular weight excluding hydrogens is 676 g/mol. The Labute approximate surface area is 317 Å². The van der Waals surface area contributed by atoms with Crippen LogP contribution in [0.15, 0.2) is 24.3 Å². The molecular formula is C46H62F4O3. The van der Waals surface area contributed by atoms with E-state index in [1.54, 1.807) is 13.8 Å². The van der Waals surface area contributed by atoms with Gasteiger partial charge < -0.3 is 14.3 Å². The molecule has 0 spiro atoms. The van der Waals surface area contributed by atoms with Gasteiger partial charge in [-0.15, -0.1) is 0 Å². The number of benzene rings is 2. The zero-order valence-corrected chi connectivity index (χ0v) is 32.5. The van der Waals surface area contributed by atoms with Crippen molar-refractivity contribution in [2.24, 2.45) is 23.7 Å². The van der Waals surface area contributed by atoms with Crippen molar-refractivity contribution in [3.8, 4) is 35.2 Å². The van der Waals surface area contributed by atoms with Crippen molar-refractivity contribution in [3.05, 3.63) is 58.7 Å². The van der Waals surface area contributed by atoms with Crippen LogP contribution < -0.4 is 9.47 Å². The van der Waals surface area contributed by atoms with Crippen molar-refractivity contribution in [2.45, 2.75) is 149 Å². The van der Waals surface area contributed by atoms with E-state index in [0.29, 0.717) is 25.6 Å². The van der Waals surface area contributed by atoms with Gasteiger partial charge in [0.2, 0.25) is 11.6 Å². The number of hydrogen-bond donors (Lipinski definition) is 0. The summed E-state index contributed by atoms with van der Waals surface area (Å²) in [7, 11) is 0. The second kappa shape index (κ2) is 25.5. The summed E-state index contributed by atoms with van der Waals surface area (Å²) in [6.07, 6.45) is 24.5. The van der Waals surface area contributed by atoms with Crippen molar-refractivity contribution < 1.29 is 31.8 Å². The summed E-state index contributed by atoms with van der Waals surface area (Å²) in [5, 5.41) is 0. The molecule has 0 heterocycles. The van der Waals surface area contributed by atoms with Crippen LogP contribution in [0.2, 0.25) is 0 Å². The summed E-state index contributed by atoms with van der Waals surface area (Å²) in [6, 6.07) is 5.91. The van der Waals surface area contributed by atoms with Crippen molar-refractivity contribution in [1.29, 1.82) is 0 Å². The molecule has 0 aromatic heterocycles. The molecule has 3 nitrogen and oxygen atoms in total. The first-order valence-corrected chi connectivity index (χ1v) is 20.5. The van der Waals surface area contributed by atoms with Gasteiger partial charge in [0.15, 0.2) is 23.1 Å². The first kappa shape index (κ1) is 44.0. The molecule has 0 saturated heterocycles. The van der Waals surface area contributed by atoms with Crippen LogP contribution in [-0.2, 0) is 4.79 Å². The Kier molecular flexibility index (Phi) is 21.2. The number of ether oxygens (including phenoxy) is 2. The van der Waals surface area contributed by atoms with E-state index < -0.39 is 23.3 Å². The molecule has 2 fully saturated rings. The number of halogens is 4. The quantitative estimate of drug-likeness (QED) is 0.0702. The summed E-state index contributed by atoms with van der Waals surface area (Å²) in [4.78, 5) is 10.3. The first-order chi connectivity index (χ1) is 25.8. The fourth-order valence-electron chi connectivity index (χ4n) is 7.39. The van der Waals surface area contributed by atoms with Gasteiger partial charge in [-0.3, -0.25) is 0 Å². The van der Waals surface area contributed by atoms with Gasteiger partial charge in [-0.25, -0.2) is 8.78 Å². The number of hydrogen-bond acceptors (Lipinski definition) is 3. The molecule has 0 atom stereocenters. The SMILES string of the molecule is CCCCCCCC1CCC(C#Cc2ccc(OCC)c(F)c2F)CC1.CCOc1ccc(C#CC2CCC(CCCCCCC=O)CC2)c(F)c1F. The van der Waals surface area contributed by atoms with E-state index in [1.165, 1.54) is 94.9 Å². The largest absolute Gasteiger partial charge is 0.491 e. The van der Waals surface area contributed by atoms with Crippen LogP contribution >= 0.6 is 0 Å². The molecule has 0 amide bonds. The Morgan fingerprint density at radius 2 is 0.981 bits per heavy atom. The zero-order valence-electron chi connectivity index (χ0n) is 32.5. The molecule has 0 unspecified atom stereocenters. The number of unbranched alkanes of at least 4 members (excludes halogenated alkanes) is 8. The lowest BCUT2D eigenvalue weighted by Gasteiger charge is -2.25. The predicted molar refractivity (Wildman–Crippen MR) is 207 cm³/mol. The van der Waals surface area contributed by atoms with Crippen LogP contribution in [0.5, 0.6) is 11.5 Å². The van der Waals surface area contributed by atoms with Crippen molar-refractivity contribution in [3.63, 3.8) is 0 Å². The number of carbonyl (C=O) groups excluding carboxylic acids is 1. The minimum absolute atomic E-state index is 0.0463. The van der Waals surface area contributed by atoms with Gasteiger partial charge in [-0.05, 0) is 108 Å². The topological polar surface area (TPSA) is 35.5 Å². The molecule has 0 radical (unpaired) electrons. The minimum Gasteiger partial charge on any atom is -0.491 e. The van der Waals surface area contributed by atoms with Gasteiger partial charge in [0.05, 0.1) is 24.3 Å². The maximum atomic E-state index is 14.1. The van der Waals surface area contributed by atoms with Crippen LogP contribution in [0.4, 0.5) is 17.6 Å². The highest BCUT2D eigenvalue weighted by Crippen LogP contribution is 2.33. The Hall–Kier alpha value is -3.45. The lowest BCUT2D eigenvalue weighted by Crippen LogP contribution is -2.13. The summed E-state index contributed by atoms with van der Waals surface area (Å²) in [5.41, 5.74) is 0.234. The Balaban J connectivity index is 0.000000286. The van der Waals surface area contributed by atoms with Crippen LogP contribution in [0, 0.1) is 70.6 Å². The van der Waals surface area contributed by atoms with Gasteiger partial charge >= 0.3 is 0 Å². The van der Waals surface area contributed by atoms with Gasteiger partial charge in [-0.2, -0.15) is 8.78 Å². The highest BCUT2D eigenvalue weighted by molar-refractivity contribution is 5.49. The van der Waals surface area contributed by atoms with E-state index in [4.69, 9.17) is 9.47 Å². The smallest absolute Gasteiger partial charge is 0.201 e. The highest BCUT2D eigenvalue weighted by atomic mass is 19.2. The predicted octanol–water partition coefficient (Wildman–Crippen LogP) is 12.9. The molecule has 2 aromatic carbocycles. The van der Waals surface area contributed by atoms with E-state index >= 15 is 0 Å². The summed E-state index contributed by atoms with van der Waals surface area (Å²) >= 11 is 0. The average molecular weight is 739 g/mol. The van der Waals surface area contributed by atoms with Crippen molar-refractivity contribution in [2.75, 3.05) is 13.2 Å². The normalized spacial score (nSPS) is 19.5. The second-order valence-corrected chi connectivity index (χ2v) is 14.7. The molecule has 2 aliphatic carbocycles. The fraction of sp³-hybridized carbons (Fsp3) is 0.630. The molecule has 0 aliphatic heterocycles. The molecule has 0 bridgehead atoms. The summed E-state index contributed by atoms with van der Waals surface area (Å²) in [6.45, 7) is 6.32. The molecule has 0 N–H and O–H groups in total. The summed E-state index contributed by atoms with van der Waals surface area (Å²) in [5.74, 6) is 10.3. The van der Waals surface area contributed by atoms with E-state index in [2.05, 4.69) is 30.6 Å². The maximum Gasteiger partial charge on any atom is 0.201 e. The lowest BCUT2D eigenvalue weighted by molar-refractivity contribution is -0.107. The van der Waals surface area contributed by atoms with E-state index in [1.807, 2.05) is 0 Å². The van der Waals surface area contributed by atoms with E-state index in [0.717, 1.165) is 69.5 Å². The molecule has 2 aliphatic rings. The monoisotopic (exact) mass is 738 g/mol. The first-order valence-electron chi connectivity index (χ1n) is 20.5. The maximum absolute atomic E-state index is 14.1. The molecule has 53 heavy (non-hydrogen) atoms. The molecule has 7 heteroatoms. The van der Waals surface area contributed by atoms with Gasteiger partial charge in [0.25, 0.3) is 0 Å². The number of rotatable bonds is 17. The van der Waals surface area contributed by atoms with Crippen LogP contribution in [0.25, 0.3) is 0 Å². The second-order valence-electron chi connectivity index (χ2n) is 14.7. The standard InChI is InChI=1S/C23H30F2O2.C23H32F2O/c1-2-27-21-16-15-20(22(24)23(21)25)14-13-19-11-9-18(10-12-19)8-6-4-3-5-7-17-26;1-3-5-6-7-8-9-18-10-12-19(13-11-18)14-15-20-16-17-21(26-4-2)23(25)22(20)24/h15-19H,2-12H2,1H3;16-19H,3-13H2,1-2H3. The third-order valence-electron chi connectivity index (χ3n) is 10.6. The van der Waals surface area contributed by atoms with Crippen LogP contribution in [0.3, 0.4) is 0 Å². The lowest BCUT2D eigenvalue weighted by atomic mass is 9.80. The van der Waals surface area contributed by atoms with Crippen molar-refractivity contribution >= 4 is 6.29 Å².